The van der Waals surface area contributed by atoms with E-state index in [9.17, 15) is 22.8 Å². The van der Waals surface area contributed by atoms with Crippen molar-refractivity contribution in [1.29, 1.82) is 0 Å². The molecule has 0 bridgehead atoms. The van der Waals surface area contributed by atoms with Gasteiger partial charge in [-0.05, 0) is 67.4 Å². The van der Waals surface area contributed by atoms with Gasteiger partial charge < -0.3 is 24.0 Å². The molecule has 0 spiro atoms. The zero-order chi connectivity index (χ0) is 29.7. The van der Waals surface area contributed by atoms with Crippen molar-refractivity contribution < 1.29 is 37.0 Å². The molecule has 10 heteroatoms. The molecule has 1 amide bonds. The molecule has 0 unspecified atom stereocenters. The van der Waals surface area contributed by atoms with Gasteiger partial charge >= 0.3 is 18.1 Å². The lowest BCUT2D eigenvalue weighted by molar-refractivity contribution is -0.188. The highest BCUT2D eigenvalue weighted by molar-refractivity contribution is 5.82. The van der Waals surface area contributed by atoms with Crippen LogP contribution >= 0.6 is 0 Å². The number of rotatable bonds is 11. The molecule has 3 aliphatic rings. The largest absolute Gasteiger partial charge is 0.488 e. The van der Waals surface area contributed by atoms with Gasteiger partial charge in [0.15, 0.2) is 0 Å². The number of hydrogen-bond donors (Lipinski definition) is 0. The van der Waals surface area contributed by atoms with Crippen LogP contribution < -0.4 is 4.74 Å². The molecule has 42 heavy (non-hydrogen) atoms. The van der Waals surface area contributed by atoms with Gasteiger partial charge in [-0.2, -0.15) is 13.2 Å². The first kappa shape index (κ1) is 30.4. The van der Waals surface area contributed by atoms with Crippen molar-refractivity contribution in [1.82, 2.24) is 9.80 Å². The predicted molar refractivity (Wildman–Crippen MR) is 150 cm³/mol. The van der Waals surface area contributed by atoms with Crippen LogP contribution in [0.5, 0.6) is 5.75 Å². The first-order valence-electron chi connectivity index (χ1n) is 14.7. The average molecular weight is 589 g/mol. The van der Waals surface area contributed by atoms with Gasteiger partial charge in [0.1, 0.15) is 11.9 Å². The molecular formula is C32H39F3N2O5. The maximum Gasteiger partial charge on any atom is 0.471 e. The molecule has 2 aliphatic heterocycles. The van der Waals surface area contributed by atoms with Crippen LogP contribution in [0.3, 0.4) is 0 Å². The Morgan fingerprint density at radius 3 is 2.52 bits per heavy atom. The molecule has 5 rings (SSSR count). The van der Waals surface area contributed by atoms with Gasteiger partial charge in [-0.3, -0.25) is 9.59 Å². The van der Waals surface area contributed by atoms with Crippen molar-refractivity contribution in [3.05, 3.63) is 65.7 Å². The van der Waals surface area contributed by atoms with Crippen LogP contribution in [-0.4, -0.2) is 86.5 Å². The summed E-state index contributed by atoms with van der Waals surface area (Å²) >= 11 is 0. The Morgan fingerprint density at radius 2 is 1.86 bits per heavy atom. The summed E-state index contributed by atoms with van der Waals surface area (Å²) in [6.07, 6.45) is -1.68. The van der Waals surface area contributed by atoms with E-state index in [2.05, 4.69) is 4.90 Å². The lowest BCUT2D eigenvalue weighted by Gasteiger charge is -2.45. The van der Waals surface area contributed by atoms with Crippen molar-refractivity contribution in [3.8, 4) is 5.75 Å². The molecule has 2 aromatic rings. The van der Waals surface area contributed by atoms with Crippen LogP contribution in [0.25, 0.3) is 0 Å². The van der Waals surface area contributed by atoms with E-state index in [0.29, 0.717) is 64.3 Å². The first-order chi connectivity index (χ1) is 20.2. The number of halogens is 3. The minimum Gasteiger partial charge on any atom is -0.488 e. The smallest absolute Gasteiger partial charge is 0.471 e. The maximum absolute atomic E-state index is 14.0. The van der Waals surface area contributed by atoms with E-state index in [1.54, 1.807) is 0 Å². The summed E-state index contributed by atoms with van der Waals surface area (Å²) in [5.74, 6) is -1.46. The van der Waals surface area contributed by atoms with Crippen LogP contribution in [0.15, 0.2) is 54.6 Å². The standard InChI is InChI=1S/C32H39F3N2O5/c1-40-29(38)10-14-36-15-12-31(13-16-36,20-23-6-5-9-25(18-23)42-26-11-17-41-21-26)22-37(30(39)32(33,34)35)28-19-27(28)24-7-3-2-4-8-24/h2-9,18,26-28H,10-17,19-22H2,1H3/t26-,27+,28-/m1/s1. The fourth-order valence-corrected chi connectivity index (χ4v) is 6.40. The summed E-state index contributed by atoms with van der Waals surface area (Å²) in [4.78, 5) is 27.9. The maximum atomic E-state index is 14.0. The Balaban J connectivity index is 1.38. The summed E-state index contributed by atoms with van der Waals surface area (Å²) in [6.45, 7) is 2.98. The number of likely N-dealkylation sites (tertiary alicyclic amines) is 1. The Kier molecular flexibility index (Phi) is 9.42. The van der Waals surface area contributed by atoms with Gasteiger partial charge in [0.25, 0.3) is 0 Å². The van der Waals surface area contributed by atoms with Gasteiger partial charge in [-0.25, -0.2) is 0 Å². The Hall–Kier alpha value is -3.11. The molecule has 7 nitrogen and oxygen atoms in total. The molecule has 0 N–H and O–H groups in total. The van der Waals surface area contributed by atoms with Gasteiger partial charge in [0.2, 0.25) is 0 Å². The lowest BCUT2D eigenvalue weighted by atomic mass is 9.73. The molecule has 1 saturated carbocycles. The number of nitrogens with zero attached hydrogens (tertiary/aromatic N) is 2. The molecular weight excluding hydrogens is 549 g/mol. The summed E-state index contributed by atoms with van der Waals surface area (Å²) in [7, 11) is 1.36. The Bertz CT molecular complexity index is 1210. The first-order valence-corrected chi connectivity index (χ1v) is 14.7. The molecule has 228 valence electrons. The number of carbonyl (C=O) groups excluding carboxylic acids is 2. The SMILES string of the molecule is COC(=O)CCN1CCC(Cc2cccc(O[C@@H]3CCOC3)c2)(CN(C(=O)C(F)(F)F)[C@@H]2C[C@H]2c2ccccc2)CC1. The molecule has 0 aromatic heterocycles. The minimum absolute atomic E-state index is 0.0167. The normalized spacial score (nSPS) is 23.8. The highest BCUT2D eigenvalue weighted by Crippen LogP contribution is 2.48. The molecule has 2 heterocycles. The number of alkyl halides is 3. The fourth-order valence-electron chi connectivity index (χ4n) is 6.40. The fraction of sp³-hybridized carbons (Fsp3) is 0.562. The third-order valence-electron chi connectivity index (χ3n) is 8.84. The van der Waals surface area contributed by atoms with Crippen molar-refractivity contribution in [2.75, 3.05) is 46.5 Å². The number of carbonyl (C=O) groups is 2. The summed E-state index contributed by atoms with van der Waals surface area (Å²) in [5.41, 5.74) is 1.35. The number of amides is 1. The van der Waals surface area contributed by atoms with Gasteiger partial charge in [0.05, 0.1) is 26.7 Å². The van der Waals surface area contributed by atoms with Crippen LogP contribution in [0.1, 0.15) is 49.1 Å². The van der Waals surface area contributed by atoms with E-state index in [0.717, 1.165) is 22.4 Å². The van der Waals surface area contributed by atoms with E-state index >= 15 is 0 Å². The minimum atomic E-state index is -4.96. The van der Waals surface area contributed by atoms with E-state index in [-0.39, 0.29) is 31.0 Å². The van der Waals surface area contributed by atoms with Crippen LogP contribution in [0.4, 0.5) is 13.2 Å². The van der Waals surface area contributed by atoms with Crippen molar-refractivity contribution in [3.63, 3.8) is 0 Å². The predicted octanol–water partition coefficient (Wildman–Crippen LogP) is 4.99. The molecule has 1 aliphatic carbocycles. The van der Waals surface area contributed by atoms with Gasteiger partial charge in [-0.1, -0.05) is 42.5 Å². The average Bonchev–Trinajstić information content (AvgIpc) is 3.62. The second kappa shape index (κ2) is 13.0. The van der Waals surface area contributed by atoms with Crippen molar-refractivity contribution in [2.24, 2.45) is 5.41 Å². The summed E-state index contributed by atoms with van der Waals surface area (Å²) < 4.78 is 58.2. The topological polar surface area (TPSA) is 68.3 Å². The van der Waals surface area contributed by atoms with E-state index in [1.165, 1.54) is 7.11 Å². The number of piperidine rings is 1. The van der Waals surface area contributed by atoms with Crippen LogP contribution in [0.2, 0.25) is 0 Å². The molecule has 0 radical (unpaired) electrons. The molecule has 2 saturated heterocycles. The highest BCUT2D eigenvalue weighted by Gasteiger charge is 2.54. The van der Waals surface area contributed by atoms with E-state index < -0.39 is 23.5 Å². The quantitative estimate of drug-likeness (QED) is 0.345. The number of ether oxygens (including phenoxy) is 3. The highest BCUT2D eigenvalue weighted by atomic mass is 19.4. The zero-order valence-corrected chi connectivity index (χ0v) is 24.0. The third kappa shape index (κ3) is 7.64. The Morgan fingerprint density at radius 1 is 1.10 bits per heavy atom. The lowest BCUT2D eigenvalue weighted by Crippen LogP contribution is -2.52. The van der Waals surface area contributed by atoms with Crippen LogP contribution in [-0.2, 0) is 25.5 Å². The van der Waals surface area contributed by atoms with E-state index in [1.807, 2.05) is 54.6 Å². The molecule has 2 aromatic carbocycles. The summed E-state index contributed by atoms with van der Waals surface area (Å²) in [6, 6.07) is 16.7. The number of esters is 1. The van der Waals surface area contributed by atoms with Crippen molar-refractivity contribution in [2.45, 2.75) is 62.8 Å². The molecule has 3 fully saturated rings. The van der Waals surface area contributed by atoms with E-state index in [4.69, 9.17) is 14.2 Å². The summed E-state index contributed by atoms with van der Waals surface area (Å²) in [5, 5.41) is 0. The number of methoxy groups -OCH3 is 1. The van der Waals surface area contributed by atoms with Crippen molar-refractivity contribution >= 4 is 11.9 Å². The monoisotopic (exact) mass is 588 g/mol. The second-order valence-electron chi connectivity index (χ2n) is 11.8. The van der Waals surface area contributed by atoms with Gasteiger partial charge in [0, 0.05) is 31.5 Å². The Labute approximate surface area is 244 Å². The molecule has 3 atom stereocenters. The third-order valence-corrected chi connectivity index (χ3v) is 8.84. The number of hydrogen-bond acceptors (Lipinski definition) is 6. The number of benzene rings is 2. The zero-order valence-electron chi connectivity index (χ0n) is 24.0. The van der Waals surface area contributed by atoms with Crippen LogP contribution in [0, 0.1) is 5.41 Å². The van der Waals surface area contributed by atoms with Gasteiger partial charge in [-0.15, -0.1) is 0 Å². The second-order valence-corrected chi connectivity index (χ2v) is 11.8.